The van der Waals surface area contributed by atoms with Gasteiger partial charge in [0.15, 0.2) is 0 Å². The summed E-state index contributed by atoms with van der Waals surface area (Å²) in [5, 5.41) is 9.14. The van der Waals surface area contributed by atoms with E-state index >= 15 is 0 Å². The number of aromatic nitrogens is 8. The Hall–Kier alpha value is -3.76. The second-order valence-electron chi connectivity index (χ2n) is 9.86. The van der Waals surface area contributed by atoms with E-state index in [4.69, 9.17) is 14.8 Å². The maximum Gasteiger partial charge on any atom is 0.410 e. The van der Waals surface area contributed by atoms with E-state index in [-0.39, 0.29) is 11.5 Å². The summed E-state index contributed by atoms with van der Waals surface area (Å²) < 4.78 is 11.1. The standard InChI is InChI=1S/C22H25N9O2/c1-21(2,3)33-20(32)29-12-14-11-22(14,13-29)18-26-17(27-31(18)19-24-7-9-28(19)4)16-15-5-6-25-30(15)10-8-23-16/h5-10,14H,11-13H2,1-4H3/t14-,22-/m0/s1. The Morgan fingerprint density at radius 1 is 1.18 bits per heavy atom. The molecule has 0 radical (unpaired) electrons. The highest BCUT2D eigenvalue weighted by Crippen LogP contribution is 2.59. The van der Waals surface area contributed by atoms with Crippen LogP contribution in [0.2, 0.25) is 0 Å². The first-order chi connectivity index (χ1) is 15.7. The smallest absolute Gasteiger partial charge is 0.410 e. The second-order valence-corrected chi connectivity index (χ2v) is 9.86. The summed E-state index contributed by atoms with van der Waals surface area (Å²) in [5.74, 6) is 2.28. The largest absolute Gasteiger partial charge is 0.444 e. The molecule has 11 heteroatoms. The lowest BCUT2D eigenvalue weighted by Crippen LogP contribution is -2.38. The van der Waals surface area contributed by atoms with Crippen LogP contribution in [0.5, 0.6) is 0 Å². The number of amides is 1. The number of carbonyl (C=O) groups is 1. The number of fused-ring (bicyclic) bond motifs is 2. The quantitative estimate of drug-likeness (QED) is 0.474. The van der Waals surface area contributed by atoms with Gasteiger partial charge in [0.25, 0.3) is 0 Å². The van der Waals surface area contributed by atoms with Gasteiger partial charge < -0.3 is 14.2 Å². The molecule has 1 amide bonds. The average Bonchev–Trinajstić information content (AvgIpc) is 3.31. The molecule has 0 unspecified atom stereocenters. The van der Waals surface area contributed by atoms with Crippen molar-refractivity contribution in [1.82, 2.24) is 43.8 Å². The summed E-state index contributed by atoms with van der Waals surface area (Å²) in [7, 11) is 1.92. The molecule has 2 fully saturated rings. The number of likely N-dealkylation sites (tertiary alicyclic amines) is 1. The molecule has 0 N–H and O–H groups in total. The van der Waals surface area contributed by atoms with Crippen molar-refractivity contribution >= 4 is 11.6 Å². The minimum Gasteiger partial charge on any atom is -0.444 e. The number of hydrogen-bond acceptors (Lipinski definition) is 7. The molecule has 6 rings (SSSR count). The molecule has 1 aliphatic carbocycles. The number of hydrogen-bond donors (Lipinski definition) is 0. The molecule has 0 bridgehead atoms. The van der Waals surface area contributed by atoms with Crippen molar-refractivity contribution in [1.29, 1.82) is 0 Å². The van der Waals surface area contributed by atoms with Crippen LogP contribution in [0.15, 0.2) is 37.1 Å². The van der Waals surface area contributed by atoms with Gasteiger partial charge in [0, 0.05) is 44.9 Å². The van der Waals surface area contributed by atoms with Crippen molar-refractivity contribution < 1.29 is 9.53 Å². The third-order valence-electron chi connectivity index (χ3n) is 6.37. The molecule has 0 aromatic carbocycles. The number of carbonyl (C=O) groups excluding carboxylic acids is 1. The number of piperidine rings is 1. The van der Waals surface area contributed by atoms with Crippen LogP contribution in [0.3, 0.4) is 0 Å². The van der Waals surface area contributed by atoms with E-state index in [0.717, 1.165) is 17.8 Å². The molecule has 1 saturated carbocycles. The first-order valence-electron chi connectivity index (χ1n) is 11.0. The Bertz CT molecular complexity index is 1380. The van der Waals surface area contributed by atoms with E-state index in [0.29, 0.717) is 36.5 Å². The fraction of sp³-hybridized carbons (Fsp3) is 0.455. The molecule has 5 heterocycles. The van der Waals surface area contributed by atoms with Crippen LogP contribution in [-0.4, -0.2) is 68.6 Å². The lowest BCUT2D eigenvalue weighted by Gasteiger charge is -2.26. The molecule has 1 aliphatic heterocycles. The van der Waals surface area contributed by atoms with E-state index in [1.54, 1.807) is 38.9 Å². The van der Waals surface area contributed by atoms with E-state index in [9.17, 15) is 4.79 Å². The lowest BCUT2D eigenvalue weighted by atomic mass is 10.1. The van der Waals surface area contributed by atoms with Crippen LogP contribution in [-0.2, 0) is 17.2 Å². The molecule has 2 aliphatic rings. The van der Waals surface area contributed by atoms with Gasteiger partial charge in [0.2, 0.25) is 11.8 Å². The topological polar surface area (TPSA) is 108 Å². The van der Waals surface area contributed by atoms with Crippen LogP contribution < -0.4 is 0 Å². The molecule has 33 heavy (non-hydrogen) atoms. The molecule has 0 spiro atoms. The normalized spacial score (nSPS) is 22.1. The minimum atomic E-state index is -0.535. The Morgan fingerprint density at radius 3 is 2.76 bits per heavy atom. The van der Waals surface area contributed by atoms with Crippen LogP contribution in [0.4, 0.5) is 4.79 Å². The molecule has 170 valence electrons. The molecular formula is C22H25N9O2. The summed E-state index contributed by atoms with van der Waals surface area (Å²) in [4.78, 5) is 28.6. The Kier molecular flexibility index (Phi) is 3.99. The van der Waals surface area contributed by atoms with E-state index < -0.39 is 5.60 Å². The predicted molar refractivity (Wildman–Crippen MR) is 118 cm³/mol. The van der Waals surface area contributed by atoms with Gasteiger partial charge in [-0.25, -0.2) is 24.3 Å². The molecule has 2 atom stereocenters. The molecular weight excluding hydrogens is 422 g/mol. The van der Waals surface area contributed by atoms with Gasteiger partial charge in [-0.3, -0.25) is 0 Å². The van der Waals surface area contributed by atoms with Crippen molar-refractivity contribution in [3.8, 4) is 17.5 Å². The van der Waals surface area contributed by atoms with Gasteiger partial charge in [-0.2, -0.15) is 9.78 Å². The van der Waals surface area contributed by atoms with Crippen LogP contribution in [0.25, 0.3) is 23.0 Å². The third kappa shape index (κ3) is 3.10. The average molecular weight is 448 g/mol. The van der Waals surface area contributed by atoms with E-state index in [2.05, 4.69) is 15.1 Å². The summed E-state index contributed by atoms with van der Waals surface area (Å²) >= 11 is 0. The number of ether oxygens (including phenoxy) is 1. The van der Waals surface area contributed by atoms with Crippen molar-refractivity contribution in [2.75, 3.05) is 13.1 Å². The van der Waals surface area contributed by atoms with Gasteiger partial charge in [-0.05, 0) is 39.2 Å². The Morgan fingerprint density at radius 2 is 2.00 bits per heavy atom. The van der Waals surface area contributed by atoms with Gasteiger partial charge in [-0.15, -0.1) is 5.10 Å². The Labute approximate surface area is 190 Å². The van der Waals surface area contributed by atoms with Crippen LogP contribution in [0.1, 0.15) is 33.0 Å². The SMILES string of the molecule is Cn1ccnc1-n1nc(-c2nccn3nccc23)nc1[C@]12C[C@H]1CN(C(=O)OC(C)(C)C)C2. The highest BCUT2D eigenvalue weighted by Gasteiger charge is 2.65. The van der Waals surface area contributed by atoms with Crippen molar-refractivity contribution in [3.05, 3.63) is 42.9 Å². The third-order valence-corrected chi connectivity index (χ3v) is 6.37. The number of imidazole rings is 1. The minimum absolute atomic E-state index is 0.278. The summed E-state index contributed by atoms with van der Waals surface area (Å²) in [6, 6.07) is 1.89. The number of nitrogens with zero attached hydrogens (tertiary/aromatic N) is 9. The van der Waals surface area contributed by atoms with Crippen LogP contribution in [0, 0.1) is 5.92 Å². The summed E-state index contributed by atoms with van der Waals surface area (Å²) in [5.41, 5.74) is 0.666. The zero-order valence-electron chi connectivity index (χ0n) is 19.0. The van der Waals surface area contributed by atoms with Gasteiger partial charge in [-0.1, -0.05) is 0 Å². The maximum absolute atomic E-state index is 12.7. The molecule has 11 nitrogen and oxygen atoms in total. The zero-order valence-corrected chi connectivity index (χ0v) is 19.0. The summed E-state index contributed by atoms with van der Waals surface area (Å²) in [6.45, 7) is 6.83. The number of aryl methyl sites for hydroxylation is 1. The van der Waals surface area contributed by atoms with Gasteiger partial charge >= 0.3 is 6.09 Å². The van der Waals surface area contributed by atoms with Crippen molar-refractivity contribution in [2.45, 2.75) is 38.2 Å². The zero-order chi connectivity index (χ0) is 23.0. The second kappa shape index (κ2) is 6.63. The predicted octanol–water partition coefficient (Wildman–Crippen LogP) is 2.22. The van der Waals surface area contributed by atoms with E-state index in [1.165, 1.54) is 0 Å². The lowest BCUT2D eigenvalue weighted by molar-refractivity contribution is 0.0269. The highest BCUT2D eigenvalue weighted by molar-refractivity contribution is 5.72. The first-order valence-corrected chi connectivity index (χ1v) is 11.0. The summed E-state index contributed by atoms with van der Waals surface area (Å²) in [6.07, 6.45) is 9.47. The number of rotatable bonds is 3. The monoisotopic (exact) mass is 447 g/mol. The van der Waals surface area contributed by atoms with Crippen LogP contribution >= 0.6 is 0 Å². The molecule has 1 saturated heterocycles. The highest BCUT2D eigenvalue weighted by atomic mass is 16.6. The van der Waals surface area contributed by atoms with Gasteiger partial charge in [0.05, 0.1) is 17.1 Å². The molecule has 4 aromatic rings. The Balaban J connectivity index is 1.43. The molecule has 4 aromatic heterocycles. The van der Waals surface area contributed by atoms with Crippen molar-refractivity contribution in [3.63, 3.8) is 0 Å². The fourth-order valence-electron chi connectivity index (χ4n) is 4.76. The fourth-order valence-corrected chi connectivity index (χ4v) is 4.76. The van der Waals surface area contributed by atoms with Gasteiger partial charge in [0.1, 0.15) is 17.1 Å². The first kappa shape index (κ1) is 19.9. The van der Waals surface area contributed by atoms with Crippen molar-refractivity contribution in [2.24, 2.45) is 13.0 Å². The van der Waals surface area contributed by atoms with E-state index in [1.807, 2.05) is 44.6 Å². The maximum atomic E-state index is 12.7.